The summed E-state index contributed by atoms with van der Waals surface area (Å²) >= 11 is 1.04. The summed E-state index contributed by atoms with van der Waals surface area (Å²) in [7, 11) is 0. The van der Waals surface area contributed by atoms with Gasteiger partial charge in [-0.1, -0.05) is 12.1 Å². The zero-order valence-electron chi connectivity index (χ0n) is 13.6. The smallest absolute Gasteiger partial charge is 0.342 e. The van der Waals surface area contributed by atoms with Crippen LogP contribution in [0.4, 0.5) is 19.1 Å². The maximum atomic E-state index is 12.8. The van der Waals surface area contributed by atoms with Crippen molar-refractivity contribution in [1.82, 2.24) is 15.0 Å². The lowest BCUT2D eigenvalue weighted by molar-refractivity contribution is -0.140. The highest BCUT2D eigenvalue weighted by molar-refractivity contribution is 7.09. The number of rotatable bonds is 2. The van der Waals surface area contributed by atoms with Crippen LogP contribution in [0.5, 0.6) is 0 Å². The van der Waals surface area contributed by atoms with Crippen molar-refractivity contribution in [3.8, 4) is 0 Å². The fourth-order valence-electron chi connectivity index (χ4n) is 3.20. The first-order valence-electron chi connectivity index (χ1n) is 8.18. The number of fused-ring (bicyclic) bond motifs is 1. The van der Waals surface area contributed by atoms with E-state index in [-0.39, 0.29) is 11.5 Å². The van der Waals surface area contributed by atoms with Crippen molar-refractivity contribution in [3.05, 3.63) is 50.7 Å². The molecule has 1 aliphatic heterocycles. The molecule has 0 aliphatic carbocycles. The Bertz CT molecular complexity index is 997. The number of piperidine rings is 1. The van der Waals surface area contributed by atoms with Gasteiger partial charge in [-0.25, -0.2) is 9.97 Å². The van der Waals surface area contributed by atoms with E-state index in [0.29, 0.717) is 34.9 Å². The number of halogens is 3. The quantitative estimate of drug-likeness (QED) is 0.735. The second kappa shape index (κ2) is 6.39. The van der Waals surface area contributed by atoms with Crippen LogP contribution in [0.2, 0.25) is 0 Å². The maximum absolute atomic E-state index is 12.8. The van der Waals surface area contributed by atoms with Gasteiger partial charge in [-0.3, -0.25) is 9.78 Å². The molecule has 26 heavy (non-hydrogen) atoms. The molecule has 9 heteroatoms. The molecule has 0 amide bonds. The molecule has 0 spiro atoms. The second-order valence-corrected chi connectivity index (χ2v) is 7.15. The third-order valence-electron chi connectivity index (χ3n) is 4.48. The van der Waals surface area contributed by atoms with Crippen LogP contribution in [-0.2, 0) is 6.18 Å². The maximum Gasteiger partial charge on any atom is 0.434 e. The summed E-state index contributed by atoms with van der Waals surface area (Å²) in [6, 6.07) is 7.06. The number of thiazole rings is 1. The Kier molecular flexibility index (Phi) is 4.18. The van der Waals surface area contributed by atoms with E-state index in [1.165, 1.54) is 0 Å². The van der Waals surface area contributed by atoms with Crippen LogP contribution in [0.15, 0.2) is 34.4 Å². The van der Waals surface area contributed by atoms with Gasteiger partial charge in [0.25, 0.3) is 5.56 Å². The first-order chi connectivity index (χ1) is 12.4. The van der Waals surface area contributed by atoms with Crippen molar-refractivity contribution in [2.75, 3.05) is 18.0 Å². The number of hydrogen-bond donors (Lipinski definition) is 1. The largest absolute Gasteiger partial charge is 0.434 e. The zero-order chi connectivity index (χ0) is 18.3. The average Bonchev–Trinajstić information content (AvgIpc) is 3.12. The van der Waals surface area contributed by atoms with E-state index in [0.717, 1.165) is 29.6 Å². The van der Waals surface area contributed by atoms with Gasteiger partial charge in [0.1, 0.15) is 0 Å². The Morgan fingerprint density at radius 2 is 2.04 bits per heavy atom. The molecule has 3 heterocycles. The normalized spacial score (nSPS) is 18.4. The molecule has 1 atom stereocenters. The second-order valence-electron chi connectivity index (χ2n) is 6.26. The average molecular weight is 380 g/mol. The van der Waals surface area contributed by atoms with Gasteiger partial charge < -0.3 is 4.90 Å². The number of H-pyrrole nitrogens is 1. The molecule has 136 valence electrons. The van der Waals surface area contributed by atoms with Crippen molar-refractivity contribution in [2.24, 2.45) is 0 Å². The van der Waals surface area contributed by atoms with Gasteiger partial charge in [0, 0.05) is 24.4 Å². The first kappa shape index (κ1) is 17.0. The molecule has 0 saturated carbocycles. The van der Waals surface area contributed by atoms with E-state index >= 15 is 0 Å². The third-order valence-corrected chi connectivity index (χ3v) is 5.49. The van der Waals surface area contributed by atoms with Gasteiger partial charge in [0.05, 0.1) is 15.9 Å². The molecule has 4 rings (SSSR count). The Morgan fingerprint density at radius 3 is 2.81 bits per heavy atom. The van der Waals surface area contributed by atoms with E-state index in [1.807, 2.05) is 11.0 Å². The Labute approximate surface area is 150 Å². The number of aromatic amines is 1. The highest BCUT2D eigenvalue weighted by Gasteiger charge is 2.35. The summed E-state index contributed by atoms with van der Waals surface area (Å²) < 4.78 is 38.4. The molecule has 0 bridgehead atoms. The number of para-hydroxylation sites is 1. The monoisotopic (exact) mass is 380 g/mol. The molecule has 1 aliphatic rings. The van der Waals surface area contributed by atoms with Crippen LogP contribution in [0.3, 0.4) is 0 Å². The standard InChI is InChI=1S/C17H15F3N4OS/c18-17(19,20)13-9-26-15(22-13)10-4-3-7-24(8-10)16-21-12-6-2-1-5-11(12)14(25)23-16/h1-2,5-6,9-10H,3-4,7-8H2,(H,21,23,25). The molecular weight excluding hydrogens is 365 g/mol. The molecule has 5 nitrogen and oxygen atoms in total. The van der Waals surface area contributed by atoms with Crippen LogP contribution >= 0.6 is 11.3 Å². The number of nitrogens with one attached hydrogen (secondary N) is 1. The SMILES string of the molecule is O=c1[nH]c(N2CCCC(c3nc(C(F)(F)F)cs3)C2)nc2ccccc12. The summed E-state index contributed by atoms with van der Waals surface area (Å²) in [5, 5.41) is 2.05. The fraction of sp³-hybridized carbons (Fsp3) is 0.353. The van der Waals surface area contributed by atoms with E-state index in [2.05, 4.69) is 15.0 Å². The molecule has 1 N–H and O–H groups in total. The first-order valence-corrected chi connectivity index (χ1v) is 9.06. The molecule has 1 aromatic carbocycles. The summed E-state index contributed by atoms with van der Waals surface area (Å²) in [5.74, 6) is 0.340. The predicted molar refractivity (Wildman–Crippen MR) is 93.7 cm³/mol. The molecule has 0 radical (unpaired) electrons. The summed E-state index contributed by atoms with van der Waals surface area (Å²) in [6.07, 6.45) is -2.87. The minimum Gasteiger partial charge on any atom is -0.342 e. The lowest BCUT2D eigenvalue weighted by Crippen LogP contribution is -2.36. The number of benzene rings is 1. The van der Waals surface area contributed by atoms with E-state index in [4.69, 9.17) is 0 Å². The number of nitrogens with zero attached hydrogens (tertiary/aromatic N) is 3. The van der Waals surface area contributed by atoms with Crippen LogP contribution in [-0.4, -0.2) is 28.0 Å². The van der Waals surface area contributed by atoms with Crippen LogP contribution in [0.1, 0.15) is 29.5 Å². The highest BCUT2D eigenvalue weighted by Crippen LogP contribution is 2.35. The van der Waals surface area contributed by atoms with Gasteiger partial charge in [-0.05, 0) is 25.0 Å². The Morgan fingerprint density at radius 1 is 1.23 bits per heavy atom. The predicted octanol–water partition coefficient (Wildman–Crippen LogP) is 3.78. The molecule has 2 aromatic heterocycles. The lowest BCUT2D eigenvalue weighted by atomic mass is 9.99. The van der Waals surface area contributed by atoms with Gasteiger partial charge in [0.2, 0.25) is 5.95 Å². The molecule has 1 saturated heterocycles. The van der Waals surface area contributed by atoms with Gasteiger partial charge in [0.15, 0.2) is 5.69 Å². The number of anilines is 1. The molecule has 3 aromatic rings. The minimum atomic E-state index is -4.42. The Hall–Kier alpha value is -2.42. The zero-order valence-corrected chi connectivity index (χ0v) is 14.4. The van der Waals surface area contributed by atoms with Gasteiger partial charge in [-0.2, -0.15) is 13.2 Å². The van der Waals surface area contributed by atoms with Gasteiger partial charge in [-0.15, -0.1) is 11.3 Å². The number of aromatic nitrogens is 3. The van der Waals surface area contributed by atoms with Crippen molar-refractivity contribution in [1.29, 1.82) is 0 Å². The van der Waals surface area contributed by atoms with E-state index in [9.17, 15) is 18.0 Å². The lowest BCUT2D eigenvalue weighted by Gasteiger charge is -2.32. The van der Waals surface area contributed by atoms with Crippen molar-refractivity contribution < 1.29 is 13.2 Å². The Balaban J connectivity index is 1.61. The molecule has 1 fully saturated rings. The number of hydrogen-bond acceptors (Lipinski definition) is 5. The summed E-state index contributed by atoms with van der Waals surface area (Å²) in [6.45, 7) is 1.17. The third kappa shape index (κ3) is 3.18. The van der Waals surface area contributed by atoms with Crippen molar-refractivity contribution >= 4 is 28.2 Å². The van der Waals surface area contributed by atoms with Crippen LogP contribution in [0.25, 0.3) is 10.9 Å². The van der Waals surface area contributed by atoms with Crippen molar-refractivity contribution in [2.45, 2.75) is 24.9 Å². The fourth-order valence-corrected chi connectivity index (χ4v) is 4.15. The highest BCUT2D eigenvalue weighted by atomic mass is 32.1. The van der Waals surface area contributed by atoms with Gasteiger partial charge >= 0.3 is 6.18 Å². The minimum absolute atomic E-state index is 0.110. The van der Waals surface area contributed by atoms with Crippen LogP contribution in [0, 0.1) is 0 Å². The molecular formula is C17H15F3N4OS. The summed E-state index contributed by atoms with van der Waals surface area (Å²) in [4.78, 5) is 25.2. The molecule has 1 unspecified atom stereocenters. The van der Waals surface area contributed by atoms with E-state index in [1.54, 1.807) is 18.2 Å². The van der Waals surface area contributed by atoms with E-state index < -0.39 is 11.9 Å². The topological polar surface area (TPSA) is 61.9 Å². The van der Waals surface area contributed by atoms with Crippen molar-refractivity contribution in [3.63, 3.8) is 0 Å². The van der Waals surface area contributed by atoms with Crippen LogP contribution < -0.4 is 10.5 Å². The summed E-state index contributed by atoms with van der Waals surface area (Å²) in [5.41, 5.74) is -0.463. The number of alkyl halides is 3.